The van der Waals surface area contributed by atoms with Crippen molar-refractivity contribution in [3.05, 3.63) is 161 Å². The Hall–Kier alpha value is -3.60. The molecule has 1 aliphatic carbocycles. The van der Waals surface area contributed by atoms with Crippen molar-refractivity contribution in [3.8, 4) is 0 Å². The molecule has 0 amide bonds. The van der Waals surface area contributed by atoms with Crippen molar-refractivity contribution >= 4 is 0 Å². The van der Waals surface area contributed by atoms with E-state index in [0.717, 1.165) is 0 Å². The standard InChI is InChI=1S/C29H22/c1-5-14-24(15-6-1)28(25-16-7-2-8-17-25)22-13-23-29(28,26-18-9-3-10-19-26)27-20-11-4-12-21-27/h1-12,14-23H. The summed E-state index contributed by atoms with van der Waals surface area (Å²) in [7, 11) is 0. The zero-order chi connectivity index (χ0) is 19.6. The van der Waals surface area contributed by atoms with Gasteiger partial charge in [0.05, 0.1) is 10.8 Å². The predicted octanol–water partition coefficient (Wildman–Crippen LogP) is 6.68. The number of allylic oxidation sites excluding steroid dienone is 1. The van der Waals surface area contributed by atoms with Crippen LogP contribution in [0.2, 0.25) is 0 Å². The molecule has 0 nitrogen and oxygen atoms in total. The molecule has 4 aromatic rings. The summed E-state index contributed by atoms with van der Waals surface area (Å²) >= 11 is 0. The van der Waals surface area contributed by atoms with Gasteiger partial charge in [0, 0.05) is 0 Å². The Morgan fingerprint density at radius 3 is 0.828 bits per heavy atom. The first-order chi connectivity index (χ1) is 14.4. The summed E-state index contributed by atoms with van der Waals surface area (Å²) in [5, 5.41) is 0. The lowest BCUT2D eigenvalue weighted by Crippen LogP contribution is -2.46. The molecule has 0 aromatic heterocycles. The first-order valence-corrected chi connectivity index (χ1v) is 10.0. The van der Waals surface area contributed by atoms with Crippen LogP contribution in [0.25, 0.3) is 0 Å². The molecule has 0 N–H and O–H groups in total. The predicted molar refractivity (Wildman–Crippen MR) is 120 cm³/mol. The van der Waals surface area contributed by atoms with E-state index >= 15 is 0 Å². The van der Waals surface area contributed by atoms with Gasteiger partial charge in [-0.2, -0.15) is 0 Å². The van der Waals surface area contributed by atoms with Crippen LogP contribution in [0.5, 0.6) is 0 Å². The maximum absolute atomic E-state index is 3.55. The lowest BCUT2D eigenvalue weighted by atomic mass is 9.53. The molecule has 4 aromatic carbocycles. The average Bonchev–Trinajstić information content (AvgIpc) is 3.24. The molecule has 0 heteroatoms. The zero-order valence-corrected chi connectivity index (χ0v) is 16.2. The summed E-state index contributed by atoms with van der Waals surface area (Å²) in [5.74, 6) is 0. The van der Waals surface area contributed by atoms with Gasteiger partial charge in [0.2, 0.25) is 0 Å². The minimum atomic E-state index is -0.391. The molecule has 0 radical (unpaired) electrons. The SMILES string of the molecule is C1=CC(c2ccccc2)(c2ccccc2)C(c2ccccc2)(c2ccccc2)C=1. The van der Waals surface area contributed by atoms with Crippen molar-refractivity contribution < 1.29 is 0 Å². The quantitative estimate of drug-likeness (QED) is 0.351. The molecule has 0 saturated carbocycles. The average molecular weight is 370 g/mol. The summed E-state index contributed by atoms with van der Waals surface area (Å²) in [5.41, 5.74) is 7.82. The van der Waals surface area contributed by atoms with Gasteiger partial charge in [-0.3, -0.25) is 0 Å². The van der Waals surface area contributed by atoms with E-state index in [1.54, 1.807) is 0 Å². The molecule has 0 atom stereocenters. The molecule has 0 unspecified atom stereocenters. The van der Waals surface area contributed by atoms with E-state index < -0.39 is 10.8 Å². The molecule has 138 valence electrons. The maximum Gasteiger partial charge on any atom is 0.0633 e. The third-order valence-corrected chi connectivity index (χ3v) is 6.14. The molecule has 29 heavy (non-hydrogen) atoms. The van der Waals surface area contributed by atoms with Crippen molar-refractivity contribution in [3.63, 3.8) is 0 Å². The number of hydrogen-bond donors (Lipinski definition) is 0. The highest BCUT2D eigenvalue weighted by atomic mass is 14.5. The zero-order valence-electron chi connectivity index (χ0n) is 16.2. The molecule has 0 spiro atoms. The van der Waals surface area contributed by atoms with Crippen LogP contribution in [0.4, 0.5) is 0 Å². The largest absolute Gasteiger partial charge is 0.127 e. The summed E-state index contributed by atoms with van der Waals surface area (Å²) in [4.78, 5) is 0. The van der Waals surface area contributed by atoms with Crippen molar-refractivity contribution in [2.75, 3.05) is 0 Å². The van der Waals surface area contributed by atoms with Crippen LogP contribution < -0.4 is 0 Å². The van der Waals surface area contributed by atoms with Gasteiger partial charge < -0.3 is 0 Å². The topological polar surface area (TPSA) is 0 Å². The first-order valence-electron chi connectivity index (χ1n) is 10.0. The molecule has 0 bridgehead atoms. The normalized spacial score (nSPS) is 16.0. The molecule has 0 heterocycles. The number of hydrogen-bond acceptors (Lipinski definition) is 0. The minimum Gasteiger partial charge on any atom is -0.127 e. The highest BCUT2D eigenvalue weighted by Gasteiger charge is 2.54. The third-order valence-electron chi connectivity index (χ3n) is 6.14. The molecule has 5 rings (SSSR count). The van der Waals surface area contributed by atoms with Gasteiger partial charge in [-0.25, -0.2) is 0 Å². The monoisotopic (exact) mass is 370 g/mol. The van der Waals surface area contributed by atoms with E-state index in [4.69, 9.17) is 0 Å². The Morgan fingerprint density at radius 1 is 0.345 bits per heavy atom. The smallest absolute Gasteiger partial charge is 0.0633 e. The van der Waals surface area contributed by atoms with Gasteiger partial charge in [0.1, 0.15) is 0 Å². The van der Waals surface area contributed by atoms with Crippen LogP contribution in [-0.4, -0.2) is 0 Å². The fourth-order valence-corrected chi connectivity index (χ4v) is 4.90. The summed E-state index contributed by atoms with van der Waals surface area (Å²) in [6, 6.07) is 43.3. The molecular formula is C29H22. The van der Waals surface area contributed by atoms with Crippen LogP contribution in [0.1, 0.15) is 22.3 Å². The fourth-order valence-electron chi connectivity index (χ4n) is 4.90. The van der Waals surface area contributed by atoms with Crippen molar-refractivity contribution in [1.29, 1.82) is 0 Å². The van der Waals surface area contributed by atoms with Gasteiger partial charge in [0.15, 0.2) is 0 Å². The lowest BCUT2D eigenvalue weighted by Gasteiger charge is -2.47. The van der Waals surface area contributed by atoms with E-state index in [9.17, 15) is 0 Å². The van der Waals surface area contributed by atoms with Crippen LogP contribution >= 0.6 is 0 Å². The highest BCUT2D eigenvalue weighted by molar-refractivity contribution is 5.63. The van der Waals surface area contributed by atoms with E-state index in [1.165, 1.54) is 22.3 Å². The summed E-state index contributed by atoms with van der Waals surface area (Å²) in [6.45, 7) is 0. The van der Waals surface area contributed by atoms with Gasteiger partial charge >= 0.3 is 0 Å². The molecule has 0 saturated heterocycles. The first kappa shape index (κ1) is 17.5. The molecule has 0 aliphatic heterocycles. The Morgan fingerprint density at radius 2 is 0.586 bits per heavy atom. The van der Waals surface area contributed by atoms with Gasteiger partial charge in [-0.05, 0) is 34.4 Å². The van der Waals surface area contributed by atoms with Crippen LogP contribution in [0.3, 0.4) is 0 Å². The van der Waals surface area contributed by atoms with Gasteiger partial charge in [0.25, 0.3) is 0 Å². The Labute approximate surface area is 172 Å². The molecular weight excluding hydrogens is 348 g/mol. The van der Waals surface area contributed by atoms with Crippen LogP contribution in [0.15, 0.2) is 139 Å². The Balaban J connectivity index is 1.93. The number of rotatable bonds is 4. The lowest BCUT2D eigenvalue weighted by molar-refractivity contribution is 0.462. The Bertz CT molecular complexity index is 978. The van der Waals surface area contributed by atoms with Crippen molar-refractivity contribution in [2.45, 2.75) is 10.8 Å². The van der Waals surface area contributed by atoms with E-state index in [2.05, 4.69) is 139 Å². The highest BCUT2D eigenvalue weighted by Crippen LogP contribution is 2.56. The molecule has 0 fully saturated rings. The second-order valence-corrected chi connectivity index (χ2v) is 7.54. The van der Waals surface area contributed by atoms with Gasteiger partial charge in [-0.15, -0.1) is 5.73 Å². The summed E-state index contributed by atoms with van der Waals surface area (Å²) < 4.78 is 0. The maximum atomic E-state index is 3.55. The van der Waals surface area contributed by atoms with E-state index in [0.29, 0.717) is 0 Å². The van der Waals surface area contributed by atoms with Gasteiger partial charge in [-0.1, -0.05) is 121 Å². The van der Waals surface area contributed by atoms with Crippen molar-refractivity contribution in [1.82, 2.24) is 0 Å². The minimum absolute atomic E-state index is 0.391. The fraction of sp³-hybridized carbons (Fsp3) is 0.0690. The molecule has 1 aliphatic rings. The van der Waals surface area contributed by atoms with Crippen LogP contribution in [0, 0.1) is 0 Å². The number of benzene rings is 4. The van der Waals surface area contributed by atoms with Crippen molar-refractivity contribution in [2.24, 2.45) is 0 Å². The van der Waals surface area contributed by atoms with Crippen LogP contribution in [-0.2, 0) is 10.8 Å². The van der Waals surface area contributed by atoms with E-state index in [1.807, 2.05) is 0 Å². The Kier molecular flexibility index (Phi) is 4.28. The second-order valence-electron chi connectivity index (χ2n) is 7.54. The third kappa shape index (κ3) is 2.54. The summed E-state index contributed by atoms with van der Waals surface area (Å²) in [6.07, 6.45) is 4.52. The van der Waals surface area contributed by atoms with E-state index in [-0.39, 0.29) is 0 Å². The second kappa shape index (κ2) is 7.09.